The van der Waals surface area contributed by atoms with Crippen LogP contribution in [-0.4, -0.2) is 27.9 Å². The van der Waals surface area contributed by atoms with Crippen LogP contribution in [0.2, 0.25) is 0 Å². The Morgan fingerprint density at radius 2 is 2.25 bits per heavy atom. The standard InChI is InChI=1S/C8H11NO3/c1-5(2)9-4-6(8(11)12)3-7(9)10/h4-5H,3H2,1-2H3,(H,11,12). The summed E-state index contributed by atoms with van der Waals surface area (Å²) in [5.41, 5.74) is 0.175. The number of aliphatic carboxylic acids is 1. The SMILES string of the molecule is CC(C)N1C=C(C(=O)O)CC1=O. The molecule has 1 rings (SSSR count). The van der Waals surface area contributed by atoms with Gasteiger partial charge in [-0.05, 0) is 13.8 Å². The molecule has 0 fully saturated rings. The molecule has 1 N–H and O–H groups in total. The average molecular weight is 169 g/mol. The van der Waals surface area contributed by atoms with Gasteiger partial charge in [-0.1, -0.05) is 0 Å². The first-order valence-corrected chi connectivity index (χ1v) is 3.77. The van der Waals surface area contributed by atoms with Crippen molar-refractivity contribution >= 4 is 11.9 Å². The number of carbonyl (C=O) groups is 2. The minimum atomic E-state index is -1.01. The summed E-state index contributed by atoms with van der Waals surface area (Å²) in [7, 11) is 0. The molecule has 1 amide bonds. The Labute approximate surface area is 70.5 Å². The molecule has 4 nitrogen and oxygen atoms in total. The second-order valence-corrected chi connectivity index (χ2v) is 3.03. The van der Waals surface area contributed by atoms with Crippen molar-refractivity contribution < 1.29 is 14.7 Å². The maximum atomic E-state index is 11.1. The third-order valence-electron chi connectivity index (χ3n) is 1.76. The van der Waals surface area contributed by atoms with Crippen LogP contribution >= 0.6 is 0 Å². The van der Waals surface area contributed by atoms with Crippen LogP contribution < -0.4 is 0 Å². The van der Waals surface area contributed by atoms with E-state index in [0.29, 0.717) is 0 Å². The summed E-state index contributed by atoms with van der Waals surface area (Å²) in [4.78, 5) is 23.1. The van der Waals surface area contributed by atoms with Gasteiger partial charge >= 0.3 is 5.97 Å². The van der Waals surface area contributed by atoms with E-state index >= 15 is 0 Å². The van der Waals surface area contributed by atoms with Gasteiger partial charge in [-0.2, -0.15) is 0 Å². The number of carboxylic acid groups (broad SMARTS) is 1. The zero-order chi connectivity index (χ0) is 9.30. The molecule has 0 aromatic heterocycles. The lowest BCUT2D eigenvalue weighted by molar-refractivity contribution is -0.134. The lowest BCUT2D eigenvalue weighted by Crippen LogP contribution is -2.27. The van der Waals surface area contributed by atoms with E-state index < -0.39 is 5.97 Å². The van der Waals surface area contributed by atoms with Crippen molar-refractivity contribution in [3.63, 3.8) is 0 Å². The van der Waals surface area contributed by atoms with Crippen LogP contribution in [0.3, 0.4) is 0 Å². The fourth-order valence-corrected chi connectivity index (χ4v) is 1.11. The van der Waals surface area contributed by atoms with Crippen molar-refractivity contribution in [1.29, 1.82) is 0 Å². The van der Waals surface area contributed by atoms with Gasteiger partial charge in [-0.25, -0.2) is 4.79 Å². The van der Waals surface area contributed by atoms with Gasteiger partial charge in [0.25, 0.3) is 0 Å². The van der Waals surface area contributed by atoms with E-state index in [2.05, 4.69) is 0 Å². The van der Waals surface area contributed by atoms with Gasteiger partial charge in [0.2, 0.25) is 5.91 Å². The predicted molar refractivity (Wildman–Crippen MR) is 42.3 cm³/mol. The first kappa shape index (κ1) is 8.77. The molecule has 0 saturated carbocycles. The monoisotopic (exact) mass is 169 g/mol. The van der Waals surface area contributed by atoms with E-state index in [1.54, 1.807) is 0 Å². The molecular weight excluding hydrogens is 158 g/mol. The Bertz CT molecular complexity index is 255. The maximum absolute atomic E-state index is 11.1. The van der Waals surface area contributed by atoms with E-state index in [9.17, 15) is 9.59 Å². The van der Waals surface area contributed by atoms with E-state index in [1.165, 1.54) is 11.1 Å². The molecule has 0 radical (unpaired) electrons. The zero-order valence-corrected chi connectivity index (χ0v) is 7.07. The molecule has 0 saturated heterocycles. The molecule has 0 atom stereocenters. The van der Waals surface area contributed by atoms with Gasteiger partial charge in [0.05, 0.1) is 12.0 Å². The molecule has 1 aliphatic heterocycles. The number of carbonyl (C=O) groups excluding carboxylic acids is 1. The topological polar surface area (TPSA) is 57.6 Å². The summed E-state index contributed by atoms with van der Waals surface area (Å²) in [5, 5.41) is 8.58. The van der Waals surface area contributed by atoms with Crippen molar-refractivity contribution in [1.82, 2.24) is 4.90 Å². The largest absolute Gasteiger partial charge is 0.478 e. The van der Waals surface area contributed by atoms with E-state index in [1.807, 2.05) is 13.8 Å². The Balaban J connectivity index is 2.80. The van der Waals surface area contributed by atoms with Crippen LogP contribution in [0, 0.1) is 0 Å². The first-order valence-electron chi connectivity index (χ1n) is 3.77. The highest BCUT2D eigenvalue weighted by atomic mass is 16.4. The van der Waals surface area contributed by atoms with Gasteiger partial charge < -0.3 is 10.0 Å². The van der Waals surface area contributed by atoms with Gasteiger partial charge in [0.1, 0.15) is 0 Å². The normalized spacial score (nSPS) is 17.1. The van der Waals surface area contributed by atoms with Gasteiger partial charge in [0, 0.05) is 12.2 Å². The van der Waals surface area contributed by atoms with E-state index in [0.717, 1.165) is 0 Å². The van der Waals surface area contributed by atoms with Crippen LogP contribution in [0.15, 0.2) is 11.8 Å². The highest BCUT2D eigenvalue weighted by Crippen LogP contribution is 2.17. The van der Waals surface area contributed by atoms with Crippen LogP contribution in [0.5, 0.6) is 0 Å². The number of rotatable bonds is 2. The summed E-state index contributed by atoms with van der Waals surface area (Å²) >= 11 is 0. The van der Waals surface area contributed by atoms with Crippen molar-refractivity contribution in [3.8, 4) is 0 Å². The van der Waals surface area contributed by atoms with E-state index in [-0.39, 0.29) is 23.9 Å². The first-order chi connectivity index (χ1) is 5.52. The highest BCUT2D eigenvalue weighted by molar-refractivity contribution is 5.97. The number of hydrogen-bond acceptors (Lipinski definition) is 2. The lowest BCUT2D eigenvalue weighted by Gasteiger charge is -2.17. The van der Waals surface area contributed by atoms with Crippen molar-refractivity contribution in [3.05, 3.63) is 11.8 Å². The molecule has 1 heterocycles. The molecule has 12 heavy (non-hydrogen) atoms. The summed E-state index contributed by atoms with van der Waals surface area (Å²) < 4.78 is 0. The van der Waals surface area contributed by atoms with Crippen molar-refractivity contribution in [2.75, 3.05) is 0 Å². The fraction of sp³-hybridized carbons (Fsp3) is 0.500. The molecule has 0 unspecified atom stereocenters. The van der Waals surface area contributed by atoms with Crippen LogP contribution in [0.25, 0.3) is 0 Å². The molecular formula is C8H11NO3. The zero-order valence-electron chi connectivity index (χ0n) is 7.07. The Morgan fingerprint density at radius 1 is 1.67 bits per heavy atom. The van der Waals surface area contributed by atoms with Gasteiger partial charge in [-0.15, -0.1) is 0 Å². The second kappa shape index (κ2) is 2.97. The Morgan fingerprint density at radius 3 is 2.50 bits per heavy atom. The number of hydrogen-bond donors (Lipinski definition) is 1. The molecule has 0 aliphatic carbocycles. The summed E-state index contributed by atoms with van der Waals surface area (Å²) in [5.74, 6) is -1.14. The smallest absolute Gasteiger partial charge is 0.333 e. The van der Waals surface area contributed by atoms with Crippen molar-refractivity contribution in [2.45, 2.75) is 26.3 Å². The molecule has 66 valence electrons. The molecule has 4 heteroatoms. The Hall–Kier alpha value is -1.32. The Kier molecular flexibility index (Phi) is 2.17. The van der Waals surface area contributed by atoms with Gasteiger partial charge in [0.15, 0.2) is 0 Å². The van der Waals surface area contributed by atoms with Crippen LogP contribution in [0.1, 0.15) is 20.3 Å². The molecule has 1 aliphatic rings. The molecule has 0 aromatic carbocycles. The highest BCUT2D eigenvalue weighted by Gasteiger charge is 2.26. The van der Waals surface area contributed by atoms with Crippen LogP contribution in [0.4, 0.5) is 0 Å². The van der Waals surface area contributed by atoms with Crippen molar-refractivity contribution in [2.24, 2.45) is 0 Å². The summed E-state index contributed by atoms with van der Waals surface area (Å²) in [6.07, 6.45) is 1.43. The lowest BCUT2D eigenvalue weighted by atomic mass is 10.2. The average Bonchev–Trinajstić information content (AvgIpc) is 2.30. The third-order valence-corrected chi connectivity index (χ3v) is 1.76. The minimum Gasteiger partial charge on any atom is -0.478 e. The molecule has 0 spiro atoms. The van der Waals surface area contributed by atoms with Gasteiger partial charge in [-0.3, -0.25) is 4.79 Å². The predicted octanol–water partition coefficient (Wildman–Crippen LogP) is 0.596. The summed E-state index contributed by atoms with van der Waals surface area (Å²) in [6, 6.07) is 0.0364. The van der Waals surface area contributed by atoms with E-state index in [4.69, 9.17) is 5.11 Å². The third kappa shape index (κ3) is 1.47. The maximum Gasteiger partial charge on any atom is 0.333 e. The quantitative estimate of drug-likeness (QED) is 0.658. The second-order valence-electron chi connectivity index (χ2n) is 3.03. The number of nitrogens with zero attached hydrogens (tertiary/aromatic N) is 1. The number of carboxylic acids is 1. The minimum absolute atomic E-state index is 0.0213. The molecule has 0 bridgehead atoms. The van der Waals surface area contributed by atoms with Crippen LogP contribution in [-0.2, 0) is 9.59 Å². The molecule has 0 aromatic rings. The summed E-state index contributed by atoms with van der Waals surface area (Å²) in [6.45, 7) is 3.69. The fourth-order valence-electron chi connectivity index (χ4n) is 1.11. The number of amides is 1.